The summed E-state index contributed by atoms with van der Waals surface area (Å²) in [6, 6.07) is 3.34. The molecule has 16 heavy (non-hydrogen) atoms. The Morgan fingerprint density at radius 1 is 1.50 bits per heavy atom. The standard InChI is InChI=1S/C12H15FO3/c1-8-6-9(4-3-5-11(14)15)12(13)10(7-8)16-2/h6-7H,3-5H2,1-2H3,(H,14,15). The predicted molar refractivity (Wildman–Crippen MR) is 58.3 cm³/mol. The van der Waals surface area contributed by atoms with Gasteiger partial charge in [0.25, 0.3) is 0 Å². The number of benzene rings is 1. The summed E-state index contributed by atoms with van der Waals surface area (Å²) >= 11 is 0. The van der Waals surface area contributed by atoms with Gasteiger partial charge in [0.05, 0.1) is 7.11 Å². The average molecular weight is 226 g/mol. The molecule has 0 saturated carbocycles. The third-order valence-electron chi connectivity index (χ3n) is 2.32. The Hall–Kier alpha value is -1.58. The molecule has 3 nitrogen and oxygen atoms in total. The first-order chi connectivity index (χ1) is 7.54. The van der Waals surface area contributed by atoms with Crippen LogP contribution in [0.2, 0.25) is 0 Å². The van der Waals surface area contributed by atoms with Gasteiger partial charge < -0.3 is 9.84 Å². The van der Waals surface area contributed by atoms with Crippen LogP contribution in [-0.4, -0.2) is 18.2 Å². The number of hydrogen-bond donors (Lipinski definition) is 1. The maximum atomic E-state index is 13.7. The lowest BCUT2D eigenvalue weighted by Gasteiger charge is -2.08. The maximum absolute atomic E-state index is 13.7. The van der Waals surface area contributed by atoms with E-state index in [0.29, 0.717) is 18.4 Å². The lowest BCUT2D eigenvalue weighted by Crippen LogP contribution is -2.00. The molecule has 0 unspecified atom stereocenters. The van der Waals surface area contributed by atoms with Gasteiger partial charge in [-0.3, -0.25) is 4.79 Å². The van der Waals surface area contributed by atoms with Gasteiger partial charge in [0.1, 0.15) is 0 Å². The van der Waals surface area contributed by atoms with E-state index in [1.54, 1.807) is 12.1 Å². The molecular formula is C12H15FO3. The minimum Gasteiger partial charge on any atom is -0.494 e. The fraction of sp³-hybridized carbons (Fsp3) is 0.417. The number of aryl methyl sites for hydroxylation is 2. The van der Waals surface area contributed by atoms with Crippen molar-refractivity contribution in [2.45, 2.75) is 26.2 Å². The fourth-order valence-electron chi connectivity index (χ4n) is 1.57. The summed E-state index contributed by atoms with van der Waals surface area (Å²) in [6.45, 7) is 1.85. The van der Waals surface area contributed by atoms with Gasteiger partial charge in [-0.05, 0) is 37.0 Å². The second-order valence-electron chi connectivity index (χ2n) is 3.69. The van der Waals surface area contributed by atoms with Crippen LogP contribution in [0.25, 0.3) is 0 Å². The van der Waals surface area contributed by atoms with Crippen molar-refractivity contribution in [1.29, 1.82) is 0 Å². The SMILES string of the molecule is COc1cc(C)cc(CCCC(=O)O)c1F. The highest BCUT2D eigenvalue weighted by atomic mass is 19.1. The van der Waals surface area contributed by atoms with Gasteiger partial charge in [0, 0.05) is 6.42 Å². The van der Waals surface area contributed by atoms with Crippen LogP contribution < -0.4 is 4.74 Å². The molecule has 0 aromatic heterocycles. The van der Waals surface area contributed by atoms with Crippen LogP contribution in [0.15, 0.2) is 12.1 Å². The second-order valence-corrected chi connectivity index (χ2v) is 3.69. The number of methoxy groups -OCH3 is 1. The molecule has 0 radical (unpaired) electrons. The second kappa shape index (κ2) is 5.49. The Morgan fingerprint density at radius 2 is 2.19 bits per heavy atom. The normalized spacial score (nSPS) is 10.2. The molecule has 0 saturated heterocycles. The summed E-state index contributed by atoms with van der Waals surface area (Å²) in [5.41, 5.74) is 1.42. The van der Waals surface area contributed by atoms with Gasteiger partial charge in [-0.25, -0.2) is 4.39 Å². The van der Waals surface area contributed by atoms with Gasteiger partial charge in [0.2, 0.25) is 0 Å². The summed E-state index contributed by atoms with van der Waals surface area (Å²) < 4.78 is 18.6. The molecular weight excluding hydrogens is 211 g/mol. The molecule has 0 bridgehead atoms. The molecule has 88 valence electrons. The zero-order valence-corrected chi connectivity index (χ0v) is 9.42. The Labute approximate surface area is 93.9 Å². The first kappa shape index (κ1) is 12.5. The van der Waals surface area contributed by atoms with Crippen LogP contribution in [0.1, 0.15) is 24.0 Å². The quantitative estimate of drug-likeness (QED) is 0.839. The van der Waals surface area contributed by atoms with Crippen molar-refractivity contribution in [3.05, 3.63) is 29.1 Å². The van der Waals surface area contributed by atoms with Crippen molar-refractivity contribution < 1.29 is 19.0 Å². The molecule has 4 heteroatoms. The Balaban J connectivity index is 2.78. The van der Waals surface area contributed by atoms with E-state index in [9.17, 15) is 9.18 Å². The number of carboxylic acids is 1. The predicted octanol–water partition coefficient (Wildman–Crippen LogP) is 2.55. The average Bonchev–Trinajstić information content (AvgIpc) is 2.22. The largest absolute Gasteiger partial charge is 0.494 e. The van der Waals surface area contributed by atoms with Gasteiger partial charge in [-0.1, -0.05) is 6.07 Å². The molecule has 0 amide bonds. The van der Waals surface area contributed by atoms with Gasteiger partial charge in [0.15, 0.2) is 11.6 Å². The zero-order valence-electron chi connectivity index (χ0n) is 9.42. The van der Waals surface area contributed by atoms with E-state index in [2.05, 4.69) is 0 Å². The number of halogens is 1. The summed E-state index contributed by atoms with van der Waals surface area (Å²) in [6.07, 6.45) is 0.894. The lowest BCUT2D eigenvalue weighted by molar-refractivity contribution is -0.137. The van der Waals surface area contributed by atoms with Crippen molar-refractivity contribution in [3.8, 4) is 5.75 Å². The number of ether oxygens (including phenoxy) is 1. The third kappa shape index (κ3) is 3.22. The minimum atomic E-state index is -0.861. The number of hydrogen-bond acceptors (Lipinski definition) is 2. The molecule has 0 atom stereocenters. The minimum absolute atomic E-state index is 0.0513. The van der Waals surface area contributed by atoms with E-state index in [0.717, 1.165) is 5.56 Å². The number of aliphatic carboxylic acids is 1. The van der Waals surface area contributed by atoms with Crippen LogP contribution in [0, 0.1) is 12.7 Å². The Kier molecular flexibility index (Phi) is 4.28. The summed E-state index contributed by atoms with van der Waals surface area (Å²) in [5.74, 6) is -1.04. The molecule has 1 N–H and O–H groups in total. The van der Waals surface area contributed by atoms with Crippen LogP contribution in [0.5, 0.6) is 5.75 Å². The van der Waals surface area contributed by atoms with E-state index in [1.165, 1.54) is 7.11 Å². The molecule has 1 aromatic carbocycles. The summed E-state index contributed by atoms with van der Waals surface area (Å²) in [4.78, 5) is 10.3. The smallest absolute Gasteiger partial charge is 0.303 e. The maximum Gasteiger partial charge on any atom is 0.303 e. The molecule has 0 fully saturated rings. The summed E-state index contributed by atoms with van der Waals surface area (Å²) in [5, 5.41) is 8.50. The first-order valence-electron chi connectivity index (χ1n) is 5.09. The van der Waals surface area contributed by atoms with Crippen molar-refractivity contribution in [3.63, 3.8) is 0 Å². The van der Waals surface area contributed by atoms with Gasteiger partial charge in [-0.15, -0.1) is 0 Å². The van der Waals surface area contributed by atoms with E-state index >= 15 is 0 Å². The zero-order chi connectivity index (χ0) is 12.1. The van der Waals surface area contributed by atoms with Crippen molar-refractivity contribution in [1.82, 2.24) is 0 Å². The van der Waals surface area contributed by atoms with Crippen LogP contribution >= 0.6 is 0 Å². The number of carboxylic acid groups (broad SMARTS) is 1. The molecule has 1 rings (SSSR count). The number of carbonyl (C=O) groups is 1. The Morgan fingerprint density at radius 3 is 2.75 bits per heavy atom. The fourth-order valence-corrected chi connectivity index (χ4v) is 1.57. The van der Waals surface area contributed by atoms with Crippen LogP contribution in [0.4, 0.5) is 4.39 Å². The van der Waals surface area contributed by atoms with Gasteiger partial charge in [-0.2, -0.15) is 0 Å². The van der Waals surface area contributed by atoms with Crippen molar-refractivity contribution in [2.24, 2.45) is 0 Å². The molecule has 0 spiro atoms. The van der Waals surface area contributed by atoms with E-state index in [4.69, 9.17) is 9.84 Å². The monoisotopic (exact) mass is 226 g/mol. The summed E-state index contributed by atoms with van der Waals surface area (Å²) in [7, 11) is 1.42. The topological polar surface area (TPSA) is 46.5 Å². The first-order valence-corrected chi connectivity index (χ1v) is 5.09. The van der Waals surface area contributed by atoms with E-state index < -0.39 is 11.8 Å². The molecule has 0 aliphatic heterocycles. The highest BCUT2D eigenvalue weighted by Gasteiger charge is 2.10. The van der Waals surface area contributed by atoms with Crippen LogP contribution in [-0.2, 0) is 11.2 Å². The van der Waals surface area contributed by atoms with E-state index in [1.807, 2.05) is 6.92 Å². The van der Waals surface area contributed by atoms with E-state index in [-0.39, 0.29) is 12.2 Å². The molecule has 0 heterocycles. The third-order valence-corrected chi connectivity index (χ3v) is 2.32. The molecule has 0 aliphatic carbocycles. The molecule has 0 aliphatic rings. The van der Waals surface area contributed by atoms with Crippen molar-refractivity contribution in [2.75, 3.05) is 7.11 Å². The van der Waals surface area contributed by atoms with Crippen LogP contribution in [0.3, 0.4) is 0 Å². The highest BCUT2D eigenvalue weighted by Crippen LogP contribution is 2.23. The molecule has 1 aromatic rings. The number of rotatable bonds is 5. The Bertz CT molecular complexity index is 388. The lowest BCUT2D eigenvalue weighted by atomic mass is 10.0. The highest BCUT2D eigenvalue weighted by molar-refractivity contribution is 5.66. The van der Waals surface area contributed by atoms with Gasteiger partial charge >= 0.3 is 5.97 Å². The van der Waals surface area contributed by atoms with Crippen molar-refractivity contribution >= 4 is 5.97 Å².